The first-order valence-electron chi connectivity index (χ1n) is 11.1. The number of rotatable bonds is 6. The summed E-state index contributed by atoms with van der Waals surface area (Å²) in [5.41, 5.74) is 1.72. The van der Waals surface area contributed by atoms with E-state index in [-0.39, 0.29) is 17.9 Å². The second-order valence-electron chi connectivity index (χ2n) is 8.61. The van der Waals surface area contributed by atoms with Crippen molar-refractivity contribution in [3.05, 3.63) is 30.1 Å². The average Bonchev–Trinajstić information content (AvgIpc) is 3.46. The van der Waals surface area contributed by atoms with Gasteiger partial charge in [-0.2, -0.15) is 5.26 Å². The third-order valence-corrected chi connectivity index (χ3v) is 6.20. The summed E-state index contributed by atoms with van der Waals surface area (Å²) in [5, 5.41) is 11.9. The van der Waals surface area contributed by atoms with Gasteiger partial charge in [0, 0.05) is 25.2 Å². The lowest BCUT2D eigenvalue weighted by Crippen LogP contribution is -2.51. The van der Waals surface area contributed by atoms with Crippen LogP contribution in [-0.2, 0) is 4.79 Å². The van der Waals surface area contributed by atoms with Gasteiger partial charge in [-0.05, 0) is 51.0 Å². The predicted octanol–water partition coefficient (Wildman–Crippen LogP) is 2.72. The minimum Gasteiger partial charge on any atom is -0.473 e. The zero-order chi connectivity index (χ0) is 22.7. The molecule has 9 heteroatoms. The third-order valence-electron chi connectivity index (χ3n) is 6.20. The zero-order valence-electron chi connectivity index (χ0n) is 18.3. The molecule has 2 aliphatic rings. The van der Waals surface area contributed by atoms with Gasteiger partial charge < -0.3 is 19.9 Å². The average molecular weight is 437 g/mol. The first-order valence-corrected chi connectivity index (χ1v) is 11.1. The number of H-pyrrole nitrogens is 1. The molecule has 1 saturated carbocycles. The lowest BCUT2D eigenvalue weighted by molar-refractivity contribution is -0.133. The lowest BCUT2D eigenvalue weighted by atomic mass is 9.97. The van der Waals surface area contributed by atoms with Gasteiger partial charge in [0.1, 0.15) is 17.7 Å². The number of hydrogen-bond donors (Lipinski definition) is 2. The second-order valence-corrected chi connectivity index (χ2v) is 8.61. The van der Waals surface area contributed by atoms with E-state index < -0.39 is 11.9 Å². The summed E-state index contributed by atoms with van der Waals surface area (Å²) < 4.78 is 5.93. The summed E-state index contributed by atoms with van der Waals surface area (Å²) in [6, 6.07) is 1.41. The van der Waals surface area contributed by atoms with Crippen LogP contribution in [0.4, 0.5) is 0 Å². The second kappa shape index (κ2) is 9.39. The molecule has 1 saturated heterocycles. The van der Waals surface area contributed by atoms with Gasteiger partial charge in [-0.25, -0.2) is 9.97 Å². The highest BCUT2D eigenvalue weighted by Crippen LogP contribution is 2.25. The standard InChI is InChI=1S/C23H28N6O3/c1-14(2)19(23(31)29-9-7-15(11-24)8-10-29)28-22(30)17-12-25-21-20(17)27-18(13-26-21)32-16-5-3-4-6-16/h12-13,15-16,19H,1,3-10H2,2H3,(H,25,26)(H,28,30)/t19-/m1/s1. The number of ether oxygens (including phenoxy) is 1. The van der Waals surface area contributed by atoms with E-state index in [0.717, 1.165) is 25.7 Å². The van der Waals surface area contributed by atoms with E-state index in [4.69, 9.17) is 10.00 Å². The molecule has 2 fully saturated rings. The normalized spacial score (nSPS) is 18.3. The highest BCUT2D eigenvalue weighted by molar-refractivity contribution is 6.06. The molecule has 32 heavy (non-hydrogen) atoms. The van der Waals surface area contributed by atoms with Crippen LogP contribution in [0.25, 0.3) is 11.2 Å². The van der Waals surface area contributed by atoms with E-state index in [1.165, 1.54) is 6.20 Å². The van der Waals surface area contributed by atoms with Gasteiger partial charge in [0.05, 0.1) is 17.8 Å². The van der Waals surface area contributed by atoms with E-state index >= 15 is 0 Å². The Labute approximate surface area is 186 Å². The molecule has 9 nitrogen and oxygen atoms in total. The number of aromatic nitrogens is 3. The van der Waals surface area contributed by atoms with Gasteiger partial charge in [0.2, 0.25) is 11.8 Å². The Morgan fingerprint density at radius 1 is 1.31 bits per heavy atom. The Morgan fingerprint density at radius 2 is 2.03 bits per heavy atom. The fraction of sp³-hybridized carbons (Fsp3) is 0.522. The number of piperidine rings is 1. The fourth-order valence-corrected chi connectivity index (χ4v) is 4.30. The SMILES string of the molecule is C=C(C)[C@@H](NC(=O)c1c[nH]c2ncc(OC3CCCC3)nc12)C(=O)N1CCC(C#N)CC1. The topological polar surface area (TPSA) is 124 Å². The summed E-state index contributed by atoms with van der Waals surface area (Å²) in [7, 11) is 0. The van der Waals surface area contributed by atoms with Crippen LogP contribution in [0.1, 0.15) is 55.8 Å². The Bertz CT molecular complexity index is 1060. The van der Waals surface area contributed by atoms with Crippen LogP contribution in [-0.4, -0.2) is 56.9 Å². The Kier molecular flexibility index (Phi) is 6.40. The molecule has 2 amide bonds. The largest absolute Gasteiger partial charge is 0.473 e. The summed E-state index contributed by atoms with van der Waals surface area (Å²) in [6.07, 6.45) is 8.78. The number of carbonyl (C=O) groups excluding carboxylic acids is 2. The quantitative estimate of drug-likeness (QED) is 0.671. The van der Waals surface area contributed by atoms with Crippen LogP contribution in [0.2, 0.25) is 0 Å². The van der Waals surface area contributed by atoms with Crippen molar-refractivity contribution in [2.45, 2.75) is 57.6 Å². The van der Waals surface area contributed by atoms with Gasteiger partial charge in [0.15, 0.2) is 5.65 Å². The minimum atomic E-state index is -0.850. The molecule has 168 valence electrons. The van der Waals surface area contributed by atoms with Gasteiger partial charge >= 0.3 is 0 Å². The van der Waals surface area contributed by atoms with Crippen LogP contribution in [0.15, 0.2) is 24.5 Å². The molecular formula is C23H28N6O3. The van der Waals surface area contributed by atoms with Crippen LogP contribution < -0.4 is 10.1 Å². The molecule has 1 atom stereocenters. The molecule has 0 aromatic carbocycles. The molecular weight excluding hydrogens is 408 g/mol. The van der Waals surface area contributed by atoms with Crippen LogP contribution in [0.5, 0.6) is 5.88 Å². The molecule has 2 N–H and O–H groups in total. The van der Waals surface area contributed by atoms with Crippen LogP contribution in [0, 0.1) is 17.2 Å². The highest BCUT2D eigenvalue weighted by Gasteiger charge is 2.31. The maximum absolute atomic E-state index is 13.1. The van der Waals surface area contributed by atoms with Crippen LogP contribution in [0.3, 0.4) is 0 Å². The Morgan fingerprint density at radius 3 is 2.69 bits per heavy atom. The number of amides is 2. The van der Waals surface area contributed by atoms with E-state index in [1.807, 2.05) is 0 Å². The van der Waals surface area contributed by atoms with Gasteiger partial charge in [-0.3, -0.25) is 9.59 Å². The monoisotopic (exact) mass is 436 g/mol. The van der Waals surface area contributed by atoms with Crippen molar-refractivity contribution in [2.75, 3.05) is 13.1 Å². The van der Waals surface area contributed by atoms with Crippen molar-refractivity contribution < 1.29 is 14.3 Å². The minimum absolute atomic E-state index is 0.0256. The lowest BCUT2D eigenvalue weighted by Gasteiger charge is -2.32. The summed E-state index contributed by atoms with van der Waals surface area (Å²) in [4.78, 5) is 39.6. The summed E-state index contributed by atoms with van der Waals surface area (Å²) >= 11 is 0. The molecule has 0 bridgehead atoms. The molecule has 1 aliphatic carbocycles. The first-order chi connectivity index (χ1) is 15.5. The van der Waals surface area contributed by atoms with Gasteiger partial charge in [0.25, 0.3) is 5.91 Å². The van der Waals surface area contributed by atoms with Gasteiger partial charge in [-0.15, -0.1) is 0 Å². The number of hydrogen-bond acceptors (Lipinski definition) is 6. The first kappa shape index (κ1) is 21.8. The zero-order valence-corrected chi connectivity index (χ0v) is 18.3. The van der Waals surface area contributed by atoms with E-state index in [1.54, 1.807) is 18.0 Å². The number of nitrogens with one attached hydrogen (secondary N) is 2. The Balaban J connectivity index is 1.49. The molecule has 0 unspecified atom stereocenters. The predicted molar refractivity (Wildman–Crippen MR) is 118 cm³/mol. The van der Waals surface area contributed by atoms with Crippen molar-refractivity contribution in [3.63, 3.8) is 0 Å². The summed E-state index contributed by atoms with van der Waals surface area (Å²) in [6.45, 7) is 6.61. The molecule has 4 rings (SSSR count). The van der Waals surface area contributed by atoms with Crippen molar-refractivity contribution in [3.8, 4) is 11.9 Å². The molecule has 2 aromatic rings. The third kappa shape index (κ3) is 4.59. The fourth-order valence-electron chi connectivity index (χ4n) is 4.30. The van der Waals surface area contributed by atoms with Gasteiger partial charge in [-0.1, -0.05) is 6.58 Å². The van der Waals surface area contributed by atoms with E-state index in [0.29, 0.717) is 54.1 Å². The van der Waals surface area contributed by atoms with Crippen molar-refractivity contribution in [2.24, 2.45) is 5.92 Å². The van der Waals surface area contributed by atoms with E-state index in [9.17, 15) is 9.59 Å². The summed E-state index contributed by atoms with van der Waals surface area (Å²) in [5.74, 6) is -0.274. The smallest absolute Gasteiger partial charge is 0.256 e. The number of nitrogens with zero attached hydrogens (tertiary/aromatic N) is 4. The van der Waals surface area contributed by atoms with Crippen molar-refractivity contribution in [1.82, 2.24) is 25.2 Å². The molecule has 0 spiro atoms. The van der Waals surface area contributed by atoms with E-state index in [2.05, 4.69) is 32.9 Å². The molecule has 1 aliphatic heterocycles. The number of likely N-dealkylation sites (tertiary alicyclic amines) is 1. The van der Waals surface area contributed by atoms with Crippen molar-refractivity contribution >= 4 is 23.0 Å². The number of fused-ring (bicyclic) bond motifs is 1. The molecule has 2 aromatic heterocycles. The maximum Gasteiger partial charge on any atom is 0.256 e. The number of aromatic amines is 1. The maximum atomic E-state index is 13.1. The highest BCUT2D eigenvalue weighted by atomic mass is 16.5. The van der Waals surface area contributed by atoms with Crippen LogP contribution >= 0.6 is 0 Å². The van der Waals surface area contributed by atoms with Crippen molar-refractivity contribution in [1.29, 1.82) is 5.26 Å². The number of nitriles is 1. The number of carbonyl (C=O) groups is 2. The molecule has 3 heterocycles. The molecule has 0 radical (unpaired) electrons. The Hall–Kier alpha value is -3.41.